The molecule has 2 N–H and O–H groups in total. The monoisotopic (exact) mass is 256 g/mol. The predicted octanol–water partition coefficient (Wildman–Crippen LogP) is 0.903. The Bertz CT molecular complexity index is 454. The van der Waals surface area contributed by atoms with E-state index in [0.717, 1.165) is 18.6 Å². The first-order valence-corrected chi connectivity index (χ1v) is 5.67. The molecule has 1 heterocycles. The molecule has 0 spiro atoms. The summed E-state index contributed by atoms with van der Waals surface area (Å²) in [5.74, 6) is -1.88. The largest absolute Gasteiger partial charge is 0.481 e. The van der Waals surface area contributed by atoms with Crippen molar-refractivity contribution < 1.29 is 18.3 Å². The Balaban J connectivity index is 1.89. The van der Waals surface area contributed by atoms with Crippen LogP contribution < -0.4 is 10.5 Å². The standard InChI is InChI=1S/C12H14F2N2O2/c13-8-1-2-11(10(14)5-8)18-7-12(17)16-4-3-9(15)6-16/h1-2,5,9H,3-4,6-7,15H2/t9-/m1/s1. The number of amides is 1. The van der Waals surface area contributed by atoms with Crippen molar-refractivity contribution >= 4 is 5.91 Å². The van der Waals surface area contributed by atoms with Crippen LogP contribution in [-0.4, -0.2) is 36.5 Å². The molecule has 1 fully saturated rings. The first-order chi connectivity index (χ1) is 8.56. The molecule has 1 aromatic carbocycles. The van der Waals surface area contributed by atoms with Gasteiger partial charge in [0.25, 0.3) is 5.91 Å². The number of ether oxygens (including phenoxy) is 1. The lowest BCUT2D eigenvalue weighted by Gasteiger charge is -2.16. The number of nitrogens with zero attached hydrogens (tertiary/aromatic N) is 1. The Labute approximate surface area is 103 Å². The van der Waals surface area contributed by atoms with Crippen LogP contribution in [0.15, 0.2) is 18.2 Å². The van der Waals surface area contributed by atoms with Crippen molar-refractivity contribution in [1.82, 2.24) is 4.90 Å². The van der Waals surface area contributed by atoms with E-state index in [4.69, 9.17) is 10.5 Å². The summed E-state index contributed by atoms with van der Waals surface area (Å²) < 4.78 is 30.9. The Morgan fingerprint density at radius 1 is 1.50 bits per heavy atom. The van der Waals surface area contributed by atoms with Crippen molar-refractivity contribution in [3.8, 4) is 5.75 Å². The quantitative estimate of drug-likeness (QED) is 0.874. The molecule has 1 amide bonds. The molecule has 0 aromatic heterocycles. The van der Waals surface area contributed by atoms with E-state index in [2.05, 4.69) is 0 Å². The fraction of sp³-hybridized carbons (Fsp3) is 0.417. The van der Waals surface area contributed by atoms with Crippen LogP contribution in [0, 0.1) is 11.6 Å². The normalized spacial score (nSPS) is 19.1. The fourth-order valence-corrected chi connectivity index (χ4v) is 1.84. The van der Waals surface area contributed by atoms with Crippen molar-refractivity contribution in [2.75, 3.05) is 19.7 Å². The van der Waals surface area contributed by atoms with Gasteiger partial charge in [0.15, 0.2) is 18.2 Å². The van der Waals surface area contributed by atoms with Crippen molar-refractivity contribution in [3.63, 3.8) is 0 Å². The molecule has 0 unspecified atom stereocenters. The molecule has 18 heavy (non-hydrogen) atoms. The summed E-state index contributed by atoms with van der Waals surface area (Å²) in [5, 5.41) is 0. The van der Waals surface area contributed by atoms with Gasteiger partial charge in [0.05, 0.1) is 0 Å². The minimum absolute atomic E-state index is 0.00323. The summed E-state index contributed by atoms with van der Waals surface area (Å²) in [6.45, 7) is 0.818. The van der Waals surface area contributed by atoms with Gasteiger partial charge in [-0.25, -0.2) is 8.78 Å². The maximum Gasteiger partial charge on any atom is 0.260 e. The van der Waals surface area contributed by atoms with E-state index >= 15 is 0 Å². The fourth-order valence-electron chi connectivity index (χ4n) is 1.84. The molecular weight excluding hydrogens is 242 g/mol. The molecule has 0 radical (unpaired) electrons. The molecule has 1 aliphatic rings. The van der Waals surface area contributed by atoms with Gasteiger partial charge in [-0.3, -0.25) is 4.79 Å². The molecule has 4 nitrogen and oxygen atoms in total. The maximum atomic E-state index is 13.2. The van der Waals surface area contributed by atoms with Crippen molar-refractivity contribution in [2.45, 2.75) is 12.5 Å². The zero-order valence-corrected chi connectivity index (χ0v) is 9.73. The second kappa shape index (κ2) is 5.30. The third-order valence-corrected chi connectivity index (χ3v) is 2.82. The summed E-state index contributed by atoms with van der Waals surface area (Å²) in [6, 6.07) is 2.95. The van der Waals surface area contributed by atoms with Gasteiger partial charge >= 0.3 is 0 Å². The maximum absolute atomic E-state index is 13.2. The SMILES string of the molecule is N[C@@H]1CCN(C(=O)COc2ccc(F)cc2F)C1. The number of benzene rings is 1. The van der Waals surface area contributed by atoms with E-state index in [0.29, 0.717) is 19.2 Å². The molecule has 2 rings (SSSR count). The number of rotatable bonds is 3. The number of hydrogen-bond acceptors (Lipinski definition) is 3. The van der Waals surface area contributed by atoms with Crippen LogP contribution in [0.5, 0.6) is 5.75 Å². The third-order valence-electron chi connectivity index (χ3n) is 2.82. The van der Waals surface area contributed by atoms with Crippen LogP contribution in [0.4, 0.5) is 8.78 Å². The Kier molecular flexibility index (Phi) is 3.76. The van der Waals surface area contributed by atoms with E-state index in [9.17, 15) is 13.6 Å². The zero-order chi connectivity index (χ0) is 13.1. The lowest BCUT2D eigenvalue weighted by Crippen LogP contribution is -2.35. The highest BCUT2D eigenvalue weighted by atomic mass is 19.1. The van der Waals surface area contributed by atoms with Crippen LogP contribution in [0.2, 0.25) is 0 Å². The molecule has 1 aromatic rings. The average molecular weight is 256 g/mol. The molecule has 1 atom stereocenters. The van der Waals surface area contributed by atoms with E-state index in [1.54, 1.807) is 4.90 Å². The average Bonchev–Trinajstić information content (AvgIpc) is 2.74. The van der Waals surface area contributed by atoms with Crippen molar-refractivity contribution in [2.24, 2.45) is 5.73 Å². The van der Waals surface area contributed by atoms with Gasteiger partial charge in [0.2, 0.25) is 0 Å². The molecule has 1 aliphatic heterocycles. The van der Waals surface area contributed by atoms with E-state index < -0.39 is 11.6 Å². The second-order valence-electron chi connectivity index (χ2n) is 4.25. The lowest BCUT2D eigenvalue weighted by atomic mass is 10.3. The van der Waals surface area contributed by atoms with Crippen LogP contribution in [0.25, 0.3) is 0 Å². The third kappa shape index (κ3) is 2.95. The Morgan fingerprint density at radius 2 is 2.28 bits per heavy atom. The number of carbonyl (C=O) groups is 1. The number of nitrogens with two attached hydrogens (primary N) is 1. The van der Waals surface area contributed by atoms with Crippen LogP contribution in [0.3, 0.4) is 0 Å². The van der Waals surface area contributed by atoms with Gasteiger partial charge in [-0.1, -0.05) is 0 Å². The summed E-state index contributed by atoms with van der Waals surface area (Å²) in [6.07, 6.45) is 0.761. The number of hydrogen-bond donors (Lipinski definition) is 1. The molecule has 1 saturated heterocycles. The summed E-state index contributed by atoms with van der Waals surface area (Å²) in [4.78, 5) is 13.3. The summed E-state index contributed by atoms with van der Waals surface area (Å²) >= 11 is 0. The van der Waals surface area contributed by atoms with Gasteiger partial charge in [0, 0.05) is 25.2 Å². The first kappa shape index (κ1) is 12.8. The molecule has 6 heteroatoms. The molecule has 98 valence electrons. The van der Waals surface area contributed by atoms with E-state index in [1.165, 1.54) is 0 Å². The number of carbonyl (C=O) groups excluding carboxylic acids is 1. The Hall–Kier alpha value is -1.69. The van der Waals surface area contributed by atoms with E-state index in [1.807, 2.05) is 0 Å². The highest BCUT2D eigenvalue weighted by Gasteiger charge is 2.23. The topological polar surface area (TPSA) is 55.6 Å². The van der Waals surface area contributed by atoms with Crippen molar-refractivity contribution in [1.29, 1.82) is 0 Å². The molecule has 0 saturated carbocycles. The highest BCUT2D eigenvalue weighted by Crippen LogP contribution is 2.17. The van der Waals surface area contributed by atoms with Gasteiger partial charge in [-0.05, 0) is 18.6 Å². The predicted molar refractivity (Wildman–Crippen MR) is 61.0 cm³/mol. The summed E-state index contributed by atoms with van der Waals surface area (Å²) in [7, 11) is 0. The first-order valence-electron chi connectivity index (χ1n) is 5.67. The number of likely N-dealkylation sites (tertiary alicyclic amines) is 1. The van der Waals surface area contributed by atoms with Crippen molar-refractivity contribution in [3.05, 3.63) is 29.8 Å². The lowest BCUT2D eigenvalue weighted by molar-refractivity contribution is -0.132. The second-order valence-corrected chi connectivity index (χ2v) is 4.25. The zero-order valence-electron chi connectivity index (χ0n) is 9.73. The molecule has 0 aliphatic carbocycles. The minimum atomic E-state index is -0.819. The number of halogens is 2. The highest BCUT2D eigenvalue weighted by molar-refractivity contribution is 5.78. The van der Waals surface area contributed by atoms with E-state index in [-0.39, 0.29) is 24.3 Å². The Morgan fingerprint density at radius 3 is 2.89 bits per heavy atom. The minimum Gasteiger partial charge on any atom is -0.481 e. The van der Waals surface area contributed by atoms with Gasteiger partial charge < -0.3 is 15.4 Å². The van der Waals surface area contributed by atoms with Gasteiger partial charge in [0.1, 0.15) is 5.82 Å². The van der Waals surface area contributed by atoms with Crippen LogP contribution in [0.1, 0.15) is 6.42 Å². The van der Waals surface area contributed by atoms with Crippen LogP contribution in [-0.2, 0) is 4.79 Å². The van der Waals surface area contributed by atoms with Crippen LogP contribution >= 0.6 is 0 Å². The van der Waals surface area contributed by atoms with Gasteiger partial charge in [-0.2, -0.15) is 0 Å². The summed E-state index contributed by atoms with van der Waals surface area (Å²) in [5.41, 5.74) is 5.67. The smallest absolute Gasteiger partial charge is 0.260 e. The molecular formula is C12H14F2N2O2. The van der Waals surface area contributed by atoms with Gasteiger partial charge in [-0.15, -0.1) is 0 Å². The molecule has 0 bridgehead atoms.